The third-order valence-electron chi connectivity index (χ3n) is 6.29. The molecule has 4 N–H and O–H groups in total. The van der Waals surface area contributed by atoms with Crippen LogP contribution in [0.15, 0.2) is 48.5 Å². The van der Waals surface area contributed by atoms with Crippen LogP contribution >= 0.6 is 0 Å². The van der Waals surface area contributed by atoms with Gasteiger partial charge in [0.2, 0.25) is 11.9 Å². The summed E-state index contributed by atoms with van der Waals surface area (Å²) < 4.78 is 1.59. The normalized spacial score (nSPS) is 15.2. The maximum atomic E-state index is 12.7. The van der Waals surface area contributed by atoms with Crippen molar-refractivity contribution in [3.8, 4) is 0 Å². The Balaban J connectivity index is 1.60. The predicted octanol–water partition coefficient (Wildman–Crippen LogP) is 3.65. The Bertz CT molecular complexity index is 1170. The second-order valence-corrected chi connectivity index (χ2v) is 8.62. The average molecular weight is 448 g/mol. The molecule has 0 aliphatic heterocycles. The summed E-state index contributed by atoms with van der Waals surface area (Å²) in [5, 5.41) is 5.81. The molecule has 1 heterocycles. The zero-order chi connectivity index (χ0) is 23.4. The van der Waals surface area contributed by atoms with Crippen LogP contribution in [0.5, 0.6) is 0 Å². The lowest BCUT2D eigenvalue weighted by molar-refractivity contribution is -0.120. The van der Waals surface area contributed by atoms with Gasteiger partial charge >= 0.3 is 0 Å². The van der Waals surface area contributed by atoms with E-state index in [0.29, 0.717) is 34.6 Å². The molecule has 33 heavy (non-hydrogen) atoms. The summed E-state index contributed by atoms with van der Waals surface area (Å²) >= 11 is 0. The lowest BCUT2D eigenvalue weighted by atomic mass is 9.89. The number of primary amides is 1. The number of nitrogens with zero attached hydrogens (tertiary/aromatic N) is 2. The first-order valence-corrected chi connectivity index (χ1v) is 11.4. The van der Waals surface area contributed by atoms with E-state index in [-0.39, 0.29) is 17.8 Å². The molecule has 1 saturated carbocycles. The highest BCUT2D eigenvalue weighted by Gasteiger charge is 2.22. The Kier molecular flexibility index (Phi) is 6.72. The SMILES string of the molecule is CC(C(N)=O)n1c(NC(=O)c2ccccc2)nc2cc(C(=O)NCC3CCCCC3)ccc21. The minimum absolute atomic E-state index is 0.158. The molecule has 8 heteroatoms. The highest BCUT2D eigenvalue weighted by molar-refractivity contribution is 6.04. The fourth-order valence-corrected chi connectivity index (χ4v) is 4.34. The smallest absolute Gasteiger partial charge is 0.257 e. The molecule has 3 aromatic rings. The molecule has 0 bridgehead atoms. The minimum Gasteiger partial charge on any atom is -0.368 e. The van der Waals surface area contributed by atoms with Crippen molar-refractivity contribution >= 4 is 34.7 Å². The molecule has 1 atom stereocenters. The number of aromatic nitrogens is 2. The average Bonchev–Trinajstić information content (AvgIpc) is 3.19. The van der Waals surface area contributed by atoms with E-state index in [2.05, 4.69) is 15.6 Å². The molecule has 8 nitrogen and oxygen atoms in total. The topological polar surface area (TPSA) is 119 Å². The van der Waals surface area contributed by atoms with Crippen molar-refractivity contribution in [2.45, 2.75) is 45.1 Å². The maximum Gasteiger partial charge on any atom is 0.257 e. The van der Waals surface area contributed by atoms with Crippen LogP contribution in [0.2, 0.25) is 0 Å². The third-order valence-corrected chi connectivity index (χ3v) is 6.29. The number of rotatable bonds is 7. The molecule has 3 amide bonds. The molecule has 0 spiro atoms. The van der Waals surface area contributed by atoms with Gasteiger partial charge in [0.05, 0.1) is 11.0 Å². The molecular formula is C25H29N5O3. The number of carbonyl (C=O) groups is 3. The van der Waals surface area contributed by atoms with Crippen LogP contribution in [0.3, 0.4) is 0 Å². The van der Waals surface area contributed by atoms with Crippen LogP contribution in [0.4, 0.5) is 5.95 Å². The number of carbonyl (C=O) groups excluding carboxylic acids is 3. The molecule has 1 aliphatic rings. The highest BCUT2D eigenvalue weighted by atomic mass is 16.2. The maximum absolute atomic E-state index is 12.7. The Labute approximate surface area is 192 Å². The van der Waals surface area contributed by atoms with Gasteiger partial charge in [0.1, 0.15) is 6.04 Å². The Morgan fingerprint density at radius 1 is 1.03 bits per heavy atom. The zero-order valence-electron chi connectivity index (χ0n) is 18.7. The number of nitrogens with two attached hydrogens (primary N) is 1. The van der Waals surface area contributed by atoms with Crippen molar-refractivity contribution in [3.63, 3.8) is 0 Å². The largest absolute Gasteiger partial charge is 0.368 e. The van der Waals surface area contributed by atoms with E-state index in [1.54, 1.807) is 54.0 Å². The van der Waals surface area contributed by atoms with E-state index in [0.717, 1.165) is 12.8 Å². The predicted molar refractivity (Wildman–Crippen MR) is 127 cm³/mol. The highest BCUT2D eigenvalue weighted by Crippen LogP contribution is 2.26. The molecule has 1 aromatic heterocycles. The lowest BCUT2D eigenvalue weighted by Crippen LogP contribution is -2.30. The Morgan fingerprint density at radius 3 is 2.45 bits per heavy atom. The summed E-state index contributed by atoms with van der Waals surface area (Å²) in [6.07, 6.45) is 6.02. The van der Waals surface area contributed by atoms with Crippen LogP contribution in [0.25, 0.3) is 11.0 Å². The van der Waals surface area contributed by atoms with Crippen molar-refractivity contribution < 1.29 is 14.4 Å². The number of nitrogens with one attached hydrogen (secondary N) is 2. The first-order valence-electron chi connectivity index (χ1n) is 11.4. The van der Waals surface area contributed by atoms with Gasteiger partial charge in [-0.2, -0.15) is 0 Å². The standard InChI is InChI=1S/C25H29N5O3/c1-16(22(26)31)30-21-13-12-19(23(32)27-15-17-8-4-2-5-9-17)14-20(21)28-25(30)29-24(33)18-10-6-3-7-11-18/h3,6-7,10-14,16-17H,2,4-5,8-9,15H2,1H3,(H2,26,31)(H,27,32)(H,28,29,33). The van der Waals surface area contributed by atoms with Gasteiger partial charge in [0.25, 0.3) is 11.8 Å². The molecule has 0 saturated heterocycles. The van der Waals surface area contributed by atoms with Crippen LogP contribution in [-0.4, -0.2) is 33.8 Å². The van der Waals surface area contributed by atoms with Gasteiger partial charge in [0, 0.05) is 17.7 Å². The number of fused-ring (bicyclic) bond motifs is 1. The third kappa shape index (κ3) is 5.05. The quantitative estimate of drug-likeness (QED) is 0.512. The fraction of sp³-hybridized carbons (Fsp3) is 0.360. The van der Waals surface area contributed by atoms with E-state index in [9.17, 15) is 14.4 Å². The van der Waals surface area contributed by atoms with E-state index in [1.807, 2.05) is 6.07 Å². The second-order valence-electron chi connectivity index (χ2n) is 8.62. The van der Waals surface area contributed by atoms with Gasteiger partial charge in [-0.05, 0) is 56.0 Å². The first kappa shape index (κ1) is 22.5. The van der Waals surface area contributed by atoms with Gasteiger partial charge in [-0.15, -0.1) is 0 Å². The van der Waals surface area contributed by atoms with Crippen LogP contribution in [-0.2, 0) is 4.79 Å². The molecule has 1 aliphatic carbocycles. The molecule has 1 fully saturated rings. The number of amides is 3. The summed E-state index contributed by atoms with van der Waals surface area (Å²) in [6.45, 7) is 2.31. The van der Waals surface area contributed by atoms with E-state index in [4.69, 9.17) is 5.73 Å². The monoisotopic (exact) mass is 447 g/mol. The lowest BCUT2D eigenvalue weighted by Gasteiger charge is -2.21. The van der Waals surface area contributed by atoms with Crippen molar-refractivity contribution in [3.05, 3.63) is 59.7 Å². The van der Waals surface area contributed by atoms with Gasteiger partial charge < -0.3 is 11.1 Å². The first-order chi connectivity index (χ1) is 15.9. The van der Waals surface area contributed by atoms with Crippen LogP contribution in [0, 0.1) is 5.92 Å². The van der Waals surface area contributed by atoms with Crippen LogP contribution < -0.4 is 16.4 Å². The van der Waals surface area contributed by atoms with Crippen LogP contribution in [0.1, 0.15) is 65.8 Å². The number of anilines is 1. The summed E-state index contributed by atoms with van der Waals surface area (Å²) in [5.74, 6) is -0.338. The van der Waals surface area contributed by atoms with Gasteiger partial charge in [-0.25, -0.2) is 4.98 Å². The number of benzene rings is 2. The molecular weight excluding hydrogens is 418 g/mol. The summed E-state index contributed by atoms with van der Waals surface area (Å²) in [4.78, 5) is 41.9. The summed E-state index contributed by atoms with van der Waals surface area (Å²) in [7, 11) is 0. The number of hydrogen-bond acceptors (Lipinski definition) is 4. The van der Waals surface area contributed by atoms with E-state index < -0.39 is 11.9 Å². The molecule has 0 radical (unpaired) electrons. The van der Waals surface area contributed by atoms with Gasteiger partial charge in [-0.1, -0.05) is 37.5 Å². The zero-order valence-corrected chi connectivity index (χ0v) is 18.7. The summed E-state index contributed by atoms with van der Waals surface area (Å²) in [6, 6.07) is 13.1. The van der Waals surface area contributed by atoms with E-state index in [1.165, 1.54) is 19.3 Å². The van der Waals surface area contributed by atoms with Crippen molar-refractivity contribution in [2.24, 2.45) is 11.7 Å². The minimum atomic E-state index is -0.743. The van der Waals surface area contributed by atoms with Crippen molar-refractivity contribution in [2.75, 3.05) is 11.9 Å². The Morgan fingerprint density at radius 2 is 1.76 bits per heavy atom. The van der Waals surface area contributed by atoms with Crippen molar-refractivity contribution in [1.82, 2.24) is 14.9 Å². The number of imidazole rings is 1. The molecule has 172 valence electrons. The molecule has 4 rings (SSSR count). The summed E-state index contributed by atoms with van der Waals surface area (Å²) in [5.41, 5.74) is 7.60. The molecule has 2 aromatic carbocycles. The van der Waals surface area contributed by atoms with Gasteiger partial charge in [-0.3, -0.25) is 24.3 Å². The van der Waals surface area contributed by atoms with E-state index >= 15 is 0 Å². The van der Waals surface area contributed by atoms with Gasteiger partial charge in [0.15, 0.2) is 0 Å². The number of hydrogen-bond donors (Lipinski definition) is 3. The second kappa shape index (κ2) is 9.85. The van der Waals surface area contributed by atoms with Crippen molar-refractivity contribution in [1.29, 1.82) is 0 Å². The molecule has 1 unspecified atom stereocenters. The fourth-order valence-electron chi connectivity index (χ4n) is 4.34. The Hall–Kier alpha value is -3.68.